The summed E-state index contributed by atoms with van der Waals surface area (Å²) in [6.07, 6.45) is 0. The molecule has 0 unspecified atom stereocenters. The van der Waals surface area contributed by atoms with E-state index in [4.69, 9.17) is 0 Å². The summed E-state index contributed by atoms with van der Waals surface area (Å²) in [6, 6.07) is 8.81. The maximum atomic E-state index is 3.78. The van der Waals surface area contributed by atoms with Crippen LogP contribution in [-0.2, 0) is 29.9 Å². The van der Waals surface area contributed by atoms with Crippen LogP contribution in [0.15, 0.2) is 35.0 Å². The first-order chi connectivity index (χ1) is 16.8. The second kappa shape index (κ2) is 36.1. The smallest absolute Gasteiger partial charge is 1.00 e. The van der Waals surface area contributed by atoms with E-state index in [1.807, 2.05) is 22.7 Å². The Kier molecular flexibility index (Phi) is 51.7. The van der Waals surface area contributed by atoms with E-state index in [2.05, 4.69) is 77.6 Å². The van der Waals surface area contributed by atoms with Gasteiger partial charge in [0.15, 0.2) is 0 Å². The molecule has 3 saturated heterocycles. The van der Waals surface area contributed by atoms with E-state index in [1.165, 1.54) is 9.75 Å². The molecule has 0 radical (unpaired) electrons. The van der Waals surface area contributed by atoms with Gasteiger partial charge in [0.05, 0.1) is 49.0 Å². The summed E-state index contributed by atoms with van der Waals surface area (Å²) in [7, 11) is 0. The Balaban J connectivity index is -0.000000207. The molecule has 5 heterocycles. The maximum absolute atomic E-state index is 3.78. The van der Waals surface area contributed by atoms with Crippen molar-refractivity contribution in [2.24, 2.45) is 0 Å². The summed E-state index contributed by atoms with van der Waals surface area (Å²) in [6.45, 7) is 13.8. The fraction of sp³-hybridized carbons (Fsp3) is 0.667. The number of fused-ring (bicyclic) bond motifs is 15. The van der Waals surface area contributed by atoms with Crippen LogP contribution in [0.3, 0.4) is 0 Å². The minimum absolute atomic E-state index is 0. The summed E-state index contributed by atoms with van der Waals surface area (Å²) in [5.74, 6) is 0. The van der Waals surface area contributed by atoms with Crippen LogP contribution in [0.5, 0.6) is 0 Å². The van der Waals surface area contributed by atoms with Gasteiger partial charge in [-0.1, -0.05) is 12.1 Å². The van der Waals surface area contributed by atoms with Crippen LogP contribution >= 0.6 is 22.7 Å². The monoisotopic (exact) mass is 832 g/mol. The minimum atomic E-state index is 0. The van der Waals surface area contributed by atoms with Crippen molar-refractivity contribution in [1.82, 2.24) is 31.9 Å². The molecule has 3 aliphatic heterocycles. The van der Waals surface area contributed by atoms with Gasteiger partial charge < -0.3 is 132 Å². The normalized spacial score (nSPS) is 21.4. The van der Waals surface area contributed by atoms with Crippen LogP contribution in [0.2, 0.25) is 0 Å². The summed E-state index contributed by atoms with van der Waals surface area (Å²) in [5.41, 5.74) is 0.160. The van der Waals surface area contributed by atoms with E-state index in [0.29, 0.717) is 0 Å². The Bertz CT molecular complexity index is 724. The predicted octanol–water partition coefficient (Wildman–Crippen LogP) is -21.4. The van der Waals surface area contributed by atoms with Crippen LogP contribution in [0.4, 0.5) is 0 Å². The van der Waals surface area contributed by atoms with Gasteiger partial charge >= 0.3 is 16.8 Å². The largest absolute Gasteiger partial charge is 3.00 e. The standard InChI is InChI=1S/C24H42N8S2.5ClH.Co.5H2O/c1-3-21(33-11-1)13-31-23-15-25-5-8-28-18-24(19-29-9-6-26-16-23,20-30-10-7-27-17-23)32-14-22-4-2-12-34-22;;;;;;;;;;;/h1-4,11-12,25-32H,5-10,13-20H2;5*1H;;5*1H2/q;;;;;;+3;;;;;/p-3. The molecule has 0 atom stereocenters. The van der Waals surface area contributed by atoms with Crippen molar-refractivity contribution in [3.63, 3.8) is 0 Å². The summed E-state index contributed by atoms with van der Waals surface area (Å²) in [5, 5.41) is 32.1. The van der Waals surface area contributed by atoms with E-state index in [9.17, 15) is 0 Å². The molecular weight excluding hydrogens is 781 g/mol. The second-order valence-electron chi connectivity index (χ2n) is 9.76. The van der Waals surface area contributed by atoms with Crippen LogP contribution in [0.1, 0.15) is 9.75 Å². The van der Waals surface area contributed by atoms with Gasteiger partial charge in [0, 0.05) is 39.3 Å². The zero-order valence-corrected chi connectivity index (χ0v) is 31.5. The van der Waals surface area contributed by atoms with E-state index in [-0.39, 0.29) is 117 Å². The molecule has 21 heteroatoms. The Morgan fingerprint density at radius 1 is 0.489 bits per heavy atom. The number of rotatable bonds is 6. The SMILES string of the molecule is O.O.O.O.O.[Cl-].[Cl-].[Cl-].[Cl-].[Cl-].[Co+3].c1csc(C[NH2+]C23CNCCNCC([NH2+]Cc4cccs4)(CNCCNC2)CNCCNC3)c1. The van der Waals surface area contributed by atoms with E-state index < -0.39 is 0 Å². The fourth-order valence-corrected chi connectivity index (χ4v) is 6.19. The average Bonchev–Trinajstić information content (AvgIpc) is 3.56. The minimum Gasteiger partial charge on any atom is -1.00 e. The Labute approximate surface area is 316 Å². The van der Waals surface area contributed by atoms with Crippen LogP contribution in [-0.4, -0.2) is 117 Å². The number of nitrogens with one attached hydrogen (secondary N) is 6. The Hall–Kier alpha value is 0.836. The molecule has 3 fully saturated rings. The molecule has 5 rings (SSSR count). The third-order valence-corrected chi connectivity index (χ3v) is 8.73. The summed E-state index contributed by atoms with van der Waals surface area (Å²) >= 11 is 3.71. The first kappa shape index (κ1) is 64.4. The quantitative estimate of drug-likeness (QED) is 0.140. The molecule has 13 nitrogen and oxygen atoms in total. The van der Waals surface area contributed by atoms with Crippen molar-refractivity contribution in [1.29, 1.82) is 0 Å². The molecule has 0 saturated carbocycles. The second-order valence-corrected chi connectivity index (χ2v) is 11.8. The topological polar surface area (TPSA) is 263 Å². The molecule has 276 valence electrons. The molecular formula is C24H54Cl5CoN8O5S2. The van der Waals surface area contributed by atoms with Gasteiger partial charge in [0.2, 0.25) is 0 Å². The molecule has 2 aromatic rings. The number of halogens is 5. The van der Waals surface area contributed by atoms with E-state index >= 15 is 0 Å². The molecule has 0 spiro atoms. The van der Waals surface area contributed by atoms with Gasteiger partial charge in [-0.05, 0) is 22.9 Å². The zero-order valence-electron chi connectivity index (χ0n) is 25.1. The van der Waals surface area contributed by atoms with Crippen molar-refractivity contribution in [3.05, 3.63) is 44.8 Å². The van der Waals surface area contributed by atoms with Crippen LogP contribution in [0, 0.1) is 0 Å². The predicted molar refractivity (Wildman–Crippen MR) is 161 cm³/mol. The number of hydrogen-bond donors (Lipinski definition) is 8. The number of thiophene rings is 2. The van der Waals surface area contributed by atoms with Gasteiger partial charge in [-0.2, -0.15) is 0 Å². The number of nitrogens with two attached hydrogens (primary N) is 2. The molecule has 2 bridgehead atoms. The van der Waals surface area contributed by atoms with Crippen molar-refractivity contribution in [2.75, 3.05) is 78.5 Å². The van der Waals surface area contributed by atoms with Crippen LogP contribution < -0.4 is 105 Å². The molecule has 0 amide bonds. The summed E-state index contributed by atoms with van der Waals surface area (Å²) in [4.78, 5) is 2.88. The maximum Gasteiger partial charge on any atom is 3.00 e. The first-order valence-corrected chi connectivity index (χ1v) is 14.5. The Morgan fingerprint density at radius 3 is 0.933 bits per heavy atom. The Morgan fingerprint density at radius 2 is 0.733 bits per heavy atom. The van der Waals surface area contributed by atoms with Crippen molar-refractivity contribution >= 4 is 22.7 Å². The number of quaternary nitrogens is 2. The molecule has 2 aromatic heterocycles. The third-order valence-electron chi connectivity index (χ3n) is 6.93. The first-order valence-electron chi connectivity index (χ1n) is 12.8. The van der Waals surface area contributed by atoms with Gasteiger partial charge in [0.1, 0.15) is 24.2 Å². The zero-order chi connectivity index (χ0) is 23.4. The molecule has 0 aromatic carbocycles. The van der Waals surface area contributed by atoms with E-state index in [1.54, 1.807) is 0 Å². The van der Waals surface area contributed by atoms with Crippen molar-refractivity contribution in [3.8, 4) is 0 Å². The van der Waals surface area contributed by atoms with Crippen molar-refractivity contribution < 1.29 is 117 Å². The summed E-state index contributed by atoms with van der Waals surface area (Å²) < 4.78 is 0. The number of hydrogen-bond acceptors (Lipinski definition) is 8. The van der Waals surface area contributed by atoms with Gasteiger partial charge in [-0.25, -0.2) is 0 Å². The van der Waals surface area contributed by atoms with Crippen LogP contribution in [0.25, 0.3) is 0 Å². The van der Waals surface area contributed by atoms with Crippen molar-refractivity contribution in [2.45, 2.75) is 24.2 Å². The van der Waals surface area contributed by atoms with Gasteiger partial charge in [-0.15, -0.1) is 22.7 Å². The fourth-order valence-electron chi connectivity index (χ4n) is 4.85. The molecule has 20 N–H and O–H groups in total. The average molecular weight is 835 g/mol. The third kappa shape index (κ3) is 23.0. The molecule has 3 aliphatic rings. The van der Waals surface area contributed by atoms with Gasteiger partial charge in [0.25, 0.3) is 0 Å². The molecule has 0 aliphatic carbocycles. The molecule has 45 heavy (non-hydrogen) atoms. The van der Waals surface area contributed by atoms with Gasteiger partial charge in [-0.3, -0.25) is 0 Å². The van der Waals surface area contributed by atoms with E-state index in [0.717, 1.165) is 91.6 Å².